The normalized spacial score (nSPS) is 23.7. The Balaban J connectivity index is 2.02. The molecule has 1 aromatic rings. The van der Waals surface area contributed by atoms with E-state index in [1.54, 1.807) is 0 Å². The van der Waals surface area contributed by atoms with Crippen molar-refractivity contribution in [3.8, 4) is 0 Å². The van der Waals surface area contributed by atoms with Gasteiger partial charge in [-0.05, 0) is 19.8 Å². The lowest BCUT2D eigenvalue weighted by Gasteiger charge is -2.23. The Morgan fingerprint density at radius 1 is 1.65 bits per heavy atom. The minimum absolute atomic E-state index is 0.148. The SMILES string of the molecule is CC1(CNc2nc(NN)ncc2Cl)CCCO1. The third-order valence-corrected chi connectivity index (χ3v) is 3.08. The van der Waals surface area contributed by atoms with Gasteiger partial charge in [0.25, 0.3) is 0 Å². The van der Waals surface area contributed by atoms with Crippen molar-refractivity contribution in [2.45, 2.75) is 25.4 Å². The quantitative estimate of drug-likeness (QED) is 0.558. The average molecular weight is 258 g/mol. The van der Waals surface area contributed by atoms with E-state index in [1.807, 2.05) is 0 Å². The Bertz CT molecular complexity index is 394. The molecule has 7 heteroatoms. The number of nitrogens with two attached hydrogens (primary N) is 1. The number of anilines is 2. The summed E-state index contributed by atoms with van der Waals surface area (Å²) in [5, 5.41) is 3.63. The number of nitrogens with zero attached hydrogens (tertiary/aromatic N) is 2. The summed E-state index contributed by atoms with van der Waals surface area (Å²) in [6, 6.07) is 0. The molecule has 0 aliphatic carbocycles. The van der Waals surface area contributed by atoms with Crippen LogP contribution in [0.5, 0.6) is 0 Å². The van der Waals surface area contributed by atoms with Gasteiger partial charge in [0.05, 0.1) is 11.8 Å². The smallest absolute Gasteiger partial charge is 0.239 e. The van der Waals surface area contributed by atoms with Crippen molar-refractivity contribution in [2.75, 3.05) is 23.9 Å². The van der Waals surface area contributed by atoms with Crippen molar-refractivity contribution in [1.82, 2.24) is 9.97 Å². The molecule has 0 amide bonds. The van der Waals surface area contributed by atoms with E-state index in [0.717, 1.165) is 19.4 Å². The fraction of sp³-hybridized carbons (Fsp3) is 0.600. The van der Waals surface area contributed by atoms with Crippen LogP contribution in [0.15, 0.2) is 6.20 Å². The minimum atomic E-state index is -0.148. The number of halogens is 1. The highest BCUT2D eigenvalue weighted by Crippen LogP contribution is 2.26. The second-order valence-corrected chi connectivity index (χ2v) is 4.70. The first-order valence-electron chi connectivity index (χ1n) is 5.50. The lowest BCUT2D eigenvalue weighted by molar-refractivity contribution is 0.0315. The molecule has 1 fully saturated rings. The molecule has 1 atom stereocenters. The van der Waals surface area contributed by atoms with Gasteiger partial charge in [-0.15, -0.1) is 0 Å². The summed E-state index contributed by atoms with van der Waals surface area (Å²) >= 11 is 5.99. The first kappa shape index (κ1) is 12.3. The third kappa shape index (κ3) is 2.96. The molecular weight excluding hydrogens is 242 g/mol. The Labute approximate surface area is 105 Å². The van der Waals surface area contributed by atoms with Crippen LogP contribution in [0.4, 0.5) is 11.8 Å². The van der Waals surface area contributed by atoms with Crippen molar-refractivity contribution in [3.05, 3.63) is 11.2 Å². The van der Waals surface area contributed by atoms with Gasteiger partial charge < -0.3 is 10.1 Å². The van der Waals surface area contributed by atoms with E-state index >= 15 is 0 Å². The lowest BCUT2D eigenvalue weighted by Crippen LogP contribution is -2.33. The highest BCUT2D eigenvalue weighted by molar-refractivity contribution is 6.32. The van der Waals surface area contributed by atoms with Gasteiger partial charge in [0.2, 0.25) is 5.95 Å². The lowest BCUT2D eigenvalue weighted by atomic mass is 10.0. The molecule has 4 N–H and O–H groups in total. The molecule has 1 unspecified atom stereocenters. The molecular formula is C10H16ClN5O. The van der Waals surface area contributed by atoms with Crippen LogP contribution in [0.2, 0.25) is 5.02 Å². The van der Waals surface area contributed by atoms with Gasteiger partial charge in [-0.2, -0.15) is 4.98 Å². The van der Waals surface area contributed by atoms with Crippen molar-refractivity contribution in [1.29, 1.82) is 0 Å². The van der Waals surface area contributed by atoms with Crippen LogP contribution in [0.3, 0.4) is 0 Å². The maximum absolute atomic E-state index is 5.99. The van der Waals surface area contributed by atoms with Crippen LogP contribution >= 0.6 is 11.6 Å². The Hall–Kier alpha value is -1.11. The number of hydrazine groups is 1. The van der Waals surface area contributed by atoms with Gasteiger partial charge in [-0.1, -0.05) is 11.6 Å². The molecule has 0 bridgehead atoms. The second kappa shape index (κ2) is 5.03. The van der Waals surface area contributed by atoms with Gasteiger partial charge in [-0.25, -0.2) is 10.8 Å². The van der Waals surface area contributed by atoms with Gasteiger partial charge in [0, 0.05) is 13.2 Å². The van der Waals surface area contributed by atoms with Gasteiger partial charge in [0.15, 0.2) is 5.82 Å². The number of aromatic nitrogens is 2. The fourth-order valence-electron chi connectivity index (χ4n) is 1.81. The summed E-state index contributed by atoms with van der Waals surface area (Å²) in [6.07, 6.45) is 3.62. The molecule has 1 aliphatic rings. The van der Waals surface area contributed by atoms with Crippen molar-refractivity contribution >= 4 is 23.4 Å². The topological polar surface area (TPSA) is 85.1 Å². The Morgan fingerprint density at radius 3 is 3.12 bits per heavy atom. The molecule has 17 heavy (non-hydrogen) atoms. The highest BCUT2D eigenvalue weighted by atomic mass is 35.5. The summed E-state index contributed by atoms with van der Waals surface area (Å²) < 4.78 is 5.67. The molecule has 2 rings (SSSR count). The number of hydrogen-bond acceptors (Lipinski definition) is 6. The Morgan fingerprint density at radius 2 is 2.47 bits per heavy atom. The summed E-state index contributed by atoms with van der Waals surface area (Å²) in [7, 11) is 0. The predicted molar refractivity (Wildman–Crippen MR) is 66.9 cm³/mol. The number of nitrogen functional groups attached to an aromatic ring is 1. The zero-order valence-corrected chi connectivity index (χ0v) is 10.4. The number of nitrogens with one attached hydrogen (secondary N) is 2. The van der Waals surface area contributed by atoms with Gasteiger partial charge >= 0.3 is 0 Å². The van der Waals surface area contributed by atoms with Crippen LogP contribution in [0.1, 0.15) is 19.8 Å². The maximum atomic E-state index is 5.99. The highest BCUT2D eigenvalue weighted by Gasteiger charge is 2.29. The van der Waals surface area contributed by atoms with Crippen LogP contribution in [0, 0.1) is 0 Å². The summed E-state index contributed by atoms with van der Waals surface area (Å²) in [5.74, 6) is 6.13. The first-order chi connectivity index (χ1) is 8.13. The zero-order chi connectivity index (χ0) is 12.3. The largest absolute Gasteiger partial charge is 0.373 e. The molecule has 94 valence electrons. The Kier molecular flexibility index (Phi) is 3.66. The fourth-order valence-corrected chi connectivity index (χ4v) is 1.97. The van der Waals surface area contributed by atoms with Crippen molar-refractivity contribution in [2.24, 2.45) is 5.84 Å². The molecule has 1 saturated heterocycles. The minimum Gasteiger partial charge on any atom is -0.373 e. The molecule has 2 heterocycles. The molecule has 1 aromatic heterocycles. The molecule has 0 radical (unpaired) electrons. The van der Waals surface area contributed by atoms with E-state index < -0.39 is 0 Å². The molecule has 0 spiro atoms. The number of ether oxygens (including phenoxy) is 1. The van der Waals surface area contributed by atoms with E-state index in [9.17, 15) is 0 Å². The second-order valence-electron chi connectivity index (χ2n) is 4.29. The van der Waals surface area contributed by atoms with Crippen LogP contribution in [0.25, 0.3) is 0 Å². The first-order valence-corrected chi connectivity index (χ1v) is 5.88. The molecule has 6 nitrogen and oxygen atoms in total. The van der Waals surface area contributed by atoms with Crippen LogP contribution < -0.4 is 16.6 Å². The molecule has 1 aliphatic heterocycles. The van der Waals surface area contributed by atoms with Crippen molar-refractivity contribution < 1.29 is 4.74 Å². The standard InChI is InChI=1S/C10H16ClN5O/c1-10(3-2-4-17-10)6-14-8-7(11)5-13-9(15-8)16-12/h5H,2-4,6,12H2,1H3,(H2,13,14,15,16). The van der Waals surface area contributed by atoms with Gasteiger partial charge in [0.1, 0.15) is 5.02 Å². The molecule has 0 saturated carbocycles. The summed E-state index contributed by atoms with van der Waals surface area (Å²) in [6.45, 7) is 3.54. The summed E-state index contributed by atoms with van der Waals surface area (Å²) in [5.41, 5.74) is 2.23. The van der Waals surface area contributed by atoms with E-state index in [1.165, 1.54) is 6.20 Å². The van der Waals surface area contributed by atoms with Crippen LogP contribution in [-0.2, 0) is 4.74 Å². The predicted octanol–water partition coefficient (Wildman–Crippen LogP) is 1.40. The van der Waals surface area contributed by atoms with E-state index in [2.05, 4.69) is 27.6 Å². The number of hydrogen-bond donors (Lipinski definition) is 3. The maximum Gasteiger partial charge on any atom is 0.239 e. The monoisotopic (exact) mass is 257 g/mol. The average Bonchev–Trinajstić information content (AvgIpc) is 2.76. The van der Waals surface area contributed by atoms with E-state index in [-0.39, 0.29) is 5.60 Å². The van der Waals surface area contributed by atoms with Crippen molar-refractivity contribution in [3.63, 3.8) is 0 Å². The zero-order valence-electron chi connectivity index (χ0n) is 9.66. The third-order valence-electron chi connectivity index (χ3n) is 2.80. The van der Waals surface area contributed by atoms with E-state index in [4.69, 9.17) is 22.2 Å². The van der Waals surface area contributed by atoms with Crippen LogP contribution in [-0.4, -0.2) is 28.7 Å². The molecule has 0 aromatic carbocycles. The number of rotatable bonds is 4. The van der Waals surface area contributed by atoms with Gasteiger partial charge in [-0.3, -0.25) is 5.43 Å². The summed E-state index contributed by atoms with van der Waals surface area (Å²) in [4.78, 5) is 8.04. The van der Waals surface area contributed by atoms with E-state index in [0.29, 0.717) is 23.3 Å².